The minimum Gasteiger partial charge on any atom is -0.355 e. The van der Waals surface area contributed by atoms with E-state index in [4.69, 9.17) is 0 Å². The smallest absolute Gasteiger partial charge is 0.0498 e. The second kappa shape index (κ2) is 4.48. The van der Waals surface area contributed by atoms with Crippen molar-refractivity contribution in [2.75, 3.05) is 5.32 Å². The molecule has 2 nitrogen and oxygen atoms in total. The summed E-state index contributed by atoms with van der Waals surface area (Å²) in [7, 11) is 0. The third-order valence-electron chi connectivity index (χ3n) is 1.62. The molecule has 0 aromatic carbocycles. The SMILES string of the molecule is CC.Cc1cc2c(cn1)C=C=CN2.[HH]. The summed E-state index contributed by atoms with van der Waals surface area (Å²) in [5.74, 6) is 0. The second-order valence-electron chi connectivity index (χ2n) is 2.51. The van der Waals surface area contributed by atoms with E-state index in [0.717, 1.165) is 16.9 Å². The molecule has 70 valence electrons. The summed E-state index contributed by atoms with van der Waals surface area (Å²) in [5, 5.41) is 3.10. The monoisotopic (exact) mass is 176 g/mol. The fourth-order valence-corrected chi connectivity index (χ4v) is 1.06. The number of rotatable bonds is 0. The van der Waals surface area contributed by atoms with Gasteiger partial charge in [0, 0.05) is 30.8 Å². The molecule has 0 bridgehead atoms. The van der Waals surface area contributed by atoms with Crippen molar-refractivity contribution in [2.24, 2.45) is 0 Å². The fraction of sp³-hybridized carbons (Fsp3) is 0.273. The van der Waals surface area contributed by atoms with Crippen LogP contribution in [0.15, 0.2) is 24.2 Å². The van der Waals surface area contributed by atoms with E-state index in [1.54, 1.807) is 6.20 Å². The van der Waals surface area contributed by atoms with Crippen LogP contribution in [0.2, 0.25) is 0 Å². The maximum absolute atomic E-state index is 4.17. The van der Waals surface area contributed by atoms with Crippen molar-refractivity contribution in [1.29, 1.82) is 0 Å². The lowest BCUT2D eigenvalue weighted by atomic mass is 10.2. The van der Waals surface area contributed by atoms with Gasteiger partial charge in [-0.15, -0.1) is 5.73 Å². The summed E-state index contributed by atoms with van der Waals surface area (Å²) in [6, 6.07) is 2.02. The number of nitrogens with zero attached hydrogens (tertiary/aromatic N) is 1. The minimum atomic E-state index is 0. The van der Waals surface area contributed by atoms with Crippen LogP contribution in [0.5, 0.6) is 0 Å². The Morgan fingerprint density at radius 2 is 2.23 bits per heavy atom. The molecule has 0 atom stereocenters. The van der Waals surface area contributed by atoms with Crippen molar-refractivity contribution in [2.45, 2.75) is 20.8 Å². The molecule has 1 aliphatic heterocycles. The van der Waals surface area contributed by atoms with Crippen LogP contribution in [0.25, 0.3) is 6.08 Å². The molecule has 1 N–H and O–H groups in total. The van der Waals surface area contributed by atoms with Crippen LogP contribution < -0.4 is 5.32 Å². The Bertz CT molecular complexity index is 352. The van der Waals surface area contributed by atoms with Crippen LogP contribution >= 0.6 is 0 Å². The highest BCUT2D eigenvalue weighted by Crippen LogP contribution is 2.18. The summed E-state index contributed by atoms with van der Waals surface area (Å²) >= 11 is 0. The van der Waals surface area contributed by atoms with Gasteiger partial charge in [-0.3, -0.25) is 4.98 Å². The van der Waals surface area contributed by atoms with Gasteiger partial charge in [0.15, 0.2) is 0 Å². The van der Waals surface area contributed by atoms with E-state index in [1.165, 1.54) is 0 Å². The summed E-state index contributed by atoms with van der Waals surface area (Å²) in [4.78, 5) is 4.17. The van der Waals surface area contributed by atoms with Gasteiger partial charge in [-0.05, 0) is 19.1 Å². The maximum Gasteiger partial charge on any atom is 0.0498 e. The molecule has 0 amide bonds. The van der Waals surface area contributed by atoms with E-state index < -0.39 is 0 Å². The minimum absolute atomic E-state index is 0. The van der Waals surface area contributed by atoms with E-state index in [0.29, 0.717) is 0 Å². The van der Waals surface area contributed by atoms with Gasteiger partial charge in [-0.2, -0.15) is 0 Å². The molecule has 0 saturated heterocycles. The number of fused-ring (bicyclic) bond motifs is 1. The summed E-state index contributed by atoms with van der Waals surface area (Å²) in [5.41, 5.74) is 6.19. The van der Waals surface area contributed by atoms with Crippen LogP contribution in [0.3, 0.4) is 0 Å². The van der Waals surface area contributed by atoms with Crippen molar-refractivity contribution >= 4 is 11.8 Å². The molecule has 0 unspecified atom stereocenters. The highest BCUT2D eigenvalue weighted by molar-refractivity contribution is 5.69. The van der Waals surface area contributed by atoms with Crippen LogP contribution in [0.4, 0.5) is 5.69 Å². The summed E-state index contributed by atoms with van der Waals surface area (Å²) < 4.78 is 0. The third-order valence-corrected chi connectivity index (χ3v) is 1.62. The Kier molecular flexibility index (Phi) is 3.30. The zero-order valence-electron chi connectivity index (χ0n) is 8.26. The number of nitrogens with one attached hydrogen (secondary N) is 1. The molecule has 0 spiro atoms. The van der Waals surface area contributed by atoms with Crippen LogP contribution in [-0.4, -0.2) is 4.98 Å². The van der Waals surface area contributed by atoms with Gasteiger partial charge < -0.3 is 5.32 Å². The Balaban J connectivity index is 0.000000531. The highest BCUT2D eigenvalue weighted by atomic mass is 14.9. The number of aryl methyl sites for hydroxylation is 1. The average Bonchev–Trinajstić information content (AvgIpc) is 2.21. The lowest BCUT2D eigenvalue weighted by Gasteiger charge is -2.07. The fourth-order valence-electron chi connectivity index (χ4n) is 1.06. The van der Waals surface area contributed by atoms with Crippen LogP contribution in [0, 0.1) is 6.92 Å². The first kappa shape index (κ1) is 9.56. The average molecular weight is 176 g/mol. The number of hydrogen-bond acceptors (Lipinski definition) is 2. The predicted octanol–water partition coefficient (Wildman–Crippen LogP) is 3.21. The Hall–Kier alpha value is -1.53. The van der Waals surface area contributed by atoms with Gasteiger partial charge in [-0.1, -0.05) is 13.8 Å². The zero-order chi connectivity index (χ0) is 9.68. The summed E-state index contributed by atoms with van der Waals surface area (Å²) in [6.45, 7) is 5.98. The number of pyridine rings is 1. The van der Waals surface area contributed by atoms with E-state index in [2.05, 4.69) is 16.0 Å². The number of hydrogen-bond donors (Lipinski definition) is 1. The molecule has 0 fully saturated rings. The first-order chi connectivity index (χ1) is 6.36. The number of aromatic nitrogens is 1. The predicted molar refractivity (Wildman–Crippen MR) is 58.6 cm³/mol. The maximum atomic E-state index is 4.17. The van der Waals surface area contributed by atoms with E-state index >= 15 is 0 Å². The second-order valence-corrected chi connectivity index (χ2v) is 2.51. The molecule has 2 heteroatoms. The van der Waals surface area contributed by atoms with Gasteiger partial charge >= 0.3 is 0 Å². The summed E-state index contributed by atoms with van der Waals surface area (Å²) in [6.07, 6.45) is 5.55. The van der Waals surface area contributed by atoms with Gasteiger partial charge in [0.05, 0.1) is 0 Å². The molecule has 2 rings (SSSR count). The molecule has 1 aliphatic rings. The first-order valence-electron chi connectivity index (χ1n) is 4.50. The topological polar surface area (TPSA) is 24.9 Å². The lowest BCUT2D eigenvalue weighted by Crippen LogP contribution is -1.95. The van der Waals surface area contributed by atoms with Gasteiger partial charge in [-0.25, -0.2) is 0 Å². The molecule has 0 aliphatic carbocycles. The molecule has 13 heavy (non-hydrogen) atoms. The highest BCUT2D eigenvalue weighted by Gasteiger charge is 2.00. The van der Waals surface area contributed by atoms with Crippen molar-refractivity contribution in [3.63, 3.8) is 0 Å². The van der Waals surface area contributed by atoms with Crippen molar-refractivity contribution in [3.05, 3.63) is 35.5 Å². The Morgan fingerprint density at radius 3 is 3.00 bits per heavy atom. The quantitative estimate of drug-likeness (QED) is 0.614. The van der Waals surface area contributed by atoms with E-state index in [9.17, 15) is 0 Å². The van der Waals surface area contributed by atoms with Crippen molar-refractivity contribution in [1.82, 2.24) is 4.98 Å². The normalized spacial score (nSPS) is 11.0. The van der Waals surface area contributed by atoms with Crippen LogP contribution in [-0.2, 0) is 0 Å². The Morgan fingerprint density at radius 1 is 1.46 bits per heavy atom. The van der Waals surface area contributed by atoms with Gasteiger partial charge in [0.25, 0.3) is 0 Å². The molecule has 2 heterocycles. The zero-order valence-corrected chi connectivity index (χ0v) is 8.26. The molecule has 1 aromatic rings. The van der Waals surface area contributed by atoms with Crippen molar-refractivity contribution in [3.8, 4) is 0 Å². The molecule has 0 saturated carbocycles. The molecular formula is C11H16N2. The lowest BCUT2D eigenvalue weighted by molar-refractivity contribution is 1.19. The standard InChI is InChI=1S/C9H8N2.C2H6.H2/c1-7-5-9-8(6-11-7)3-2-4-10-9;1-2;/h3-6,10H,1H3;1-2H3;1H. The van der Waals surface area contributed by atoms with E-state index in [-0.39, 0.29) is 1.43 Å². The van der Waals surface area contributed by atoms with Crippen LogP contribution in [0.1, 0.15) is 26.5 Å². The van der Waals surface area contributed by atoms with E-state index in [1.807, 2.05) is 39.1 Å². The van der Waals surface area contributed by atoms with Crippen molar-refractivity contribution < 1.29 is 1.43 Å². The molecule has 1 aromatic heterocycles. The molecular weight excluding hydrogens is 160 g/mol. The first-order valence-corrected chi connectivity index (χ1v) is 4.50. The Labute approximate surface area is 80.5 Å². The number of anilines is 1. The largest absolute Gasteiger partial charge is 0.355 e. The molecule has 0 radical (unpaired) electrons. The third kappa shape index (κ3) is 2.20. The van der Waals surface area contributed by atoms with Gasteiger partial charge in [0.2, 0.25) is 0 Å². The van der Waals surface area contributed by atoms with Gasteiger partial charge in [0.1, 0.15) is 0 Å².